The van der Waals surface area contributed by atoms with Gasteiger partial charge in [-0.15, -0.1) is 0 Å². The van der Waals surface area contributed by atoms with Gasteiger partial charge >= 0.3 is 0 Å². The molecule has 1 fully saturated rings. The second kappa shape index (κ2) is 5.44. The van der Waals surface area contributed by atoms with Gasteiger partial charge in [-0.05, 0) is 37.1 Å². The first-order chi connectivity index (χ1) is 7.87. The number of nitrogens with one attached hydrogen (secondary N) is 1. The molecule has 0 aliphatic heterocycles. The second-order valence-corrected chi connectivity index (χ2v) is 4.86. The van der Waals surface area contributed by atoms with E-state index in [4.69, 9.17) is 0 Å². The van der Waals surface area contributed by atoms with E-state index in [1.807, 2.05) is 12.4 Å². The van der Waals surface area contributed by atoms with E-state index in [1.165, 1.54) is 37.7 Å². The van der Waals surface area contributed by atoms with Gasteiger partial charge in [-0.25, -0.2) is 0 Å². The molecule has 1 aromatic rings. The van der Waals surface area contributed by atoms with Gasteiger partial charge in [0.25, 0.3) is 0 Å². The molecule has 1 heterocycles. The van der Waals surface area contributed by atoms with Crippen molar-refractivity contribution in [3.8, 4) is 0 Å². The lowest BCUT2D eigenvalue weighted by Crippen LogP contribution is -2.39. The van der Waals surface area contributed by atoms with Gasteiger partial charge in [0.2, 0.25) is 0 Å². The van der Waals surface area contributed by atoms with Crippen molar-refractivity contribution in [2.24, 2.45) is 0 Å². The van der Waals surface area contributed by atoms with Crippen LogP contribution in [0.5, 0.6) is 0 Å². The minimum absolute atomic E-state index is 0.372. The molecule has 1 aliphatic carbocycles. The predicted octanol–water partition coefficient (Wildman–Crippen LogP) is 2.89. The summed E-state index contributed by atoms with van der Waals surface area (Å²) in [5.74, 6) is 0. The smallest absolute Gasteiger partial charge is 0.0270 e. The van der Waals surface area contributed by atoms with E-state index in [0.29, 0.717) is 5.41 Å². The standard InChI is InChI=1S/C14H22N2/c1-2-15-12-14(8-4-3-5-9-14)13-6-10-16-11-7-13/h6-7,10-11,15H,2-5,8-9,12H2,1H3. The van der Waals surface area contributed by atoms with Crippen LogP contribution in [0.25, 0.3) is 0 Å². The highest BCUT2D eigenvalue weighted by atomic mass is 14.9. The Morgan fingerprint density at radius 3 is 2.50 bits per heavy atom. The first-order valence-electron chi connectivity index (χ1n) is 6.49. The van der Waals surface area contributed by atoms with Crippen molar-refractivity contribution in [1.29, 1.82) is 0 Å². The van der Waals surface area contributed by atoms with Gasteiger partial charge in [0.1, 0.15) is 0 Å². The fraction of sp³-hybridized carbons (Fsp3) is 0.643. The quantitative estimate of drug-likeness (QED) is 0.840. The SMILES string of the molecule is CCNCC1(c2ccncc2)CCCCC1. The molecule has 2 nitrogen and oxygen atoms in total. The molecule has 0 saturated heterocycles. The van der Waals surface area contributed by atoms with Crippen LogP contribution in [0.3, 0.4) is 0 Å². The monoisotopic (exact) mass is 218 g/mol. The van der Waals surface area contributed by atoms with Crippen LogP contribution < -0.4 is 5.32 Å². The van der Waals surface area contributed by atoms with Gasteiger partial charge in [0.05, 0.1) is 0 Å². The summed E-state index contributed by atoms with van der Waals surface area (Å²) in [6, 6.07) is 4.39. The summed E-state index contributed by atoms with van der Waals surface area (Å²) in [4.78, 5) is 4.13. The number of pyridine rings is 1. The van der Waals surface area contributed by atoms with Crippen LogP contribution in [0.15, 0.2) is 24.5 Å². The average molecular weight is 218 g/mol. The van der Waals surface area contributed by atoms with Gasteiger partial charge in [0, 0.05) is 24.4 Å². The number of aromatic nitrogens is 1. The molecule has 0 radical (unpaired) electrons. The minimum atomic E-state index is 0.372. The maximum Gasteiger partial charge on any atom is 0.0270 e. The van der Waals surface area contributed by atoms with Crippen LogP contribution in [-0.2, 0) is 5.41 Å². The van der Waals surface area contributed by atoms with Crippen LogP contribution in [-0.4, -0.2) is 18.1 Å². The van der Waals surface area contributed by atoms with E-state index in [9.17, 15) is 0 Å². The molecule has 1 aromatic heterocycles. The summed E-state index contributed by atoms with van der Waals surface area (Å²) in [7, 11) is 0. The maximum absolute atomic E-state index is 4.13. The third-order valence-electron chi connectivity index (χ3n) is 3.82. The van der Waals surface area contributed by atoms with Gasteiger partial charge in [-0.1, -0.05) is 26.2 Å². The minimum Gasteiger partial charge on any atom is -0.316 e. The number of nitrogens with zero attached hydrogens (tertiary/aromatic N) is 1. The fourth-order valence-corrected chi connectivity index (χ4v) is 2.87. The summed E-state index contributed by atoms with van der Waals surface area (Å²) in [6.07, 6.45) is 10.6. The normalized spacial score (nSPS) is 19.6. The molecule has 0 amide bonds. The van der Waals surface area contributed by atoms with Crippen molar-refractivity contribution >= 4 is 0 Å². The number of rotatable bonds is 4. The molecule has 0 bridgehead atoms. The molecule has 0 aromatic carbocycles. The van der Waals surface area contributed by atoms with E-state index in [-0.39, 0.29) is 0 Å². The number of hydrogen-bond donors (Lipinski definition) is 1. The molecule has 16 heavy (non-hydrogen) atoms. The molecular weight excluding hydrogens is 196 g/mol. The Balaban J connectivity index is 2.19. The van der Waals surface area contributed by atoms with E-state index in [0.717, 1.165) is 13.1 Å². The number of hydrogen-bond acceptors (Lipinski definition) is 2. The highest BCUT2D eigenvalue weighted by Crippen LogP contribution is 2.38. The molecule has 2 heteroatoms. The van der Waals surface area contributed by atoms with Crippen LogP contribution in [0.2, 0.25) is 0 Å². The lowest BCUT2D eigenvalue weighted by Gasteiger charge is -2.38. The van der Waals surface area contributed by atoms with Gasteiger partial charge < -0.3 is 5.32 Å². The second-order valence-electron chi connectivity index (χ2n) is 4.86. The molecular formula is C14H22N2. The first kappa shape index (κ1) is 11.6. The topological polar surface area (TPSA) is 24.9 Å². The highest BCUT2D eigenvalue weighted by molar-refractivity contribution is 5.24. The van der Waals surface area contributed by atoms with Crippen molar-refractivity contribution in [3.63, 3.8) is 0 Å². The van der Waals surface area contributed by atoms with Crippen molar-refractivity contribution in [2.75, 3.05) is 13.1 Å². The zero-order valence-corrected chi connectivity index (χ0v) is 10.2. The van der Waals surface area contributed by atoms with Gasteiger partial charge in [0.15, 0.2) is 0 Å². The molecule has 88 valence electrons. The Labute approximate surface area is 98.5 Å². The Kier molecular flexibility index (Phi) is 3.94. The lowest BCUT2D eigenvalue weighted by molar-refractivity contribution is 0.282. The van der Waals surface area contributed by atoms with Crippen LogP contribution in [0.4, 0.5) is 0 Å². The zero-order chi connectivity index (χ0) is 11.3. The largest absolute Gasteiger partial charge is 0.316 e. The molecule has 1 aliphatic rings. The van der Waals surface area contributed by atoms with Crippen LogP contribution in [0.1, 0.15) is 44.6 Å². The van der Waals surface area contributed by atoms with Crippen molar-refractivity contribution in [2.45, 2.75) is 44.4 Å². The Morgan fingerprint density at radius 2 is 1.88 bits per heavy atom. The molecule has 0 atom stereocenters. The third kappa shape index (κ3) is 2.43. The van der Waals surface area contributed by atoms with Crippen molar-refractivity contribution in [3.05, 3.63) is 30.1 Å². The van der Waals surface area contributed by atoms with E-state index in [1.54, 1.807) is 0 Å². The van der Waals surface area contributed by atoms with Gasteiger partial charge in [-0.3, -0.25) is 4.98 Å². The average Bonchev–Trinajstić information content (AvgIpc) is 2.38. The molecule has 2 rings (SSSR count). The van der Waals surface area contributed by atoms with Crippen molar-refractivity contribution in [1.82, 2.24) is 10.3 Å². The van der Waals surface area contributed by atoms with E-state index < -0.39 is 0 Å². The fourth-order valence-electron chi connectivity index (χ4n) is 2.87. The summed E-state index contributed by atoms with van der Waals surface area (Å²) in [5.41, 5.74) is 1.85. The lowest BCUT2D eigenvalue weighted by atomic mass is 9.69. The first-order valence-corrected chi connectivity index (χ1v) is 6.49. The Morgan fingerprint density at radius 1 is 1.19 bits per heavy atom. The van der Waals surface area contributed by atoms with Crippen LogP contribution in [0, 0.1) is 0 Å². The highest BCUT2D eigenvalue weighted by Gasteiger charge is 2.33. The Bertz CT molecular complexity index is 302. The molecule has 0 unspecified atom stereocenters. The Hall–Kier alpha value is -0.890. The van der Waals surface area contributed by atoms with E-state index in [2.05, 4.69) is 29.4 Å². The third-order valence-corrected chi connectivity index (χ3v) is 3.82. The molecule has 1 N–H and O–H groups in total. The maximum atomic E-state index is 4.13. The summed E-state index contributed by atoms with van der Waals surface area (Å²) < 4.78 is 0. The summed E-state index contributed by atoms with van der Waals surface area (Å²) in [6.45, 7) is 4.36. The number of likely N-dealkylation sites (N-methyl/N-ethyl adjacent to an activating group) is 1. The van der Waals surface area contributed by atoms with Gasteiger partial charge in [-0.2, -0.15) is 0 Å². The summed E-state index contributed by atoms with van der Waals surface area (Å²) >= 11 is 0. The molecule has 1 saturated carbocycles. The predicted molar refractivity (Wildman–Crippen MR) is 67.5 cm³/mol. The summed E-state index contributed by atoms with van der Waals surface area (Å²) in [5, 5.41) is 3.54. The van der Waals surface area contributed by atoms with Crippen LogP contribution >= 0.6 is 0 Å². The van der Waals surface area contributed by atoms with Crippen molar-refractivity contribution < 1.29 is 0 Å². The van der Waals surface area contributed by atoms with E-state index >= 15 is 0 Å². The zero-order valence-electron chi connectivity index (χ0n) is 10.2. The molecule has 0 spiro atoms.